The van der Waals surface area contributed by atoms with Gasteiger partial charge in [-0.1, -0.05) is 19.9 Å². The van der Waals surface area contributed by atoms with Crippen LogP contribution in [0.25, 0.3) is 10.7 Å². The van der Waals surface area contributed by atoms with E-state index in [9.17, 15) is 4.79 Å². The third kappa shape index (κ3) is 3.35. The fourth-order valence-corrected chi connectivity index (χ4v) is 3.81. The molecule has 1 atom stereocenters. The lowest BCUT2D eigenvalue weighted by atomic mass is 9.90. The molecule has 116 valence electrons. The molecule has 2 heterocycles. The third-order valence-electron chi connectivity index (χ3n) is 3.88. The first-order valence-electron chi connectivity index (χ1n) is 7.81. The van der Waals surface area contributed by atoms with Crippen LogP contribution >= 0.6 is 11.3 Å². The molecular weight excluding hydrogens is 294 g/mol. The number of hydrogen-bond acceptors (Lipinski definition) is 4. The van der Waals surface area contributed by atoms with Gasteiger partial charge in [0.2, 0.25) is 5.91 Å². The van der Waals surface area contributed by atoms with Gasteiger partial charge in [0.25, 0.3) is 0 Å². The Morgan fingerprint density at radius 3 is 3.05 bits per heavy atom. The minimum atomic E-state index is 0.0864. The number of rotatable bonds is 4. The van der Waals surface area contributed by atoms with Crippen LogP contribution in [0.5, 0.6) is 0 Å². The maximum Gasteiger partial charge on any atom is 0.223 e. The average molecular weight is 315 g/mol. The zero-order chi connectivity index (χ0) is 15.5. The van der Waals surface area contributed by atoms with Crippen LogP contribution in [0.3, 0.4) is 0 Å². The van der Waals surface area contributed by atoms with Crippen molar-refractivity contribution < 1.29 is 4.79 Å². The van der Waals surface area contributed by atoms with Crippen molar-refractivity contribution in [1.82, 2.24) is 15.3 Å². The van der Waals surface area contributed by atoms with Crippen molar-refractivity contribution in [2.45, 2.75) is 33.1 Å². The Balaban J connectivity index is 1.71. The van der Waals surface area contributed by atoms with Gasteiger partial charge in [-0.05, 0) is 37.3 Å². The van der Waals surface area contributed by atoms with Gasteiger partial charge in [-0.2, -0.15) is 0 Å². The molecule has 1 aliphatic rings. The Morgan fingerprint density at radius 1 is 1.45 bits per heavy atom. The van der Waals surface area contributed by atoms with Gasteiger partial charge >= 0.3 is 0 Å². The van der Waals surface area contributed by atoms with Crippen molar-refractivity contribution in [2.75, 3.05) is 6.54 Å². The van der Waals surface area contributed by atoms with Gasteiger partial charge in [-0.25, -0.2) is 4.98 Å². The summed E-state index contributed by atoms with van der Waals surface area (Å²) in [5.74, 6) is 0.762. The highest BCUT2D eigenvalue weighted by Crippen LogP contribution is 2.33. The normalized spacial score (nSPS) is 17.3. The molecule has 0 spiro atoms. The fourth-order valence-electron chi connectivity index (χ4n) is 2.65. The molecule has 0 aliphatic heterocycles. The summed E-state index contributed by atoms with van der Waals surface area (Å²) < 4.78 is 0. The average Bonchev–Trinajstić information content (AvgIpc) is 2.96. The molecule has 1 amide bonds. The lowest BCUT2D eigenvalue weighted by Crippen LogP contribution is -2.35. The van der Waals surface area contributed by atoms with Crippen molar-refractivity contribution in [1.29, 1.82) is 0 Å². The smallest absolute Gasteiger partial charge is 0.223 e. The fraction of sp³-hybridized carbons (Fsp3) is 0.471. The molecule has 1 unspecified atom stereocenters. The number of amides is 1. The summed E-state index contributed by atoms with van der Waals surface area (Å²) in [6.45, 7) is 4.98. The van der Waals surface area contributed by atoms with E-state index in [4.69, 9.17) is 4.98 Å². The van der Waals surface area contributed by atoms with E-state index in [1.165, 1.54) is 4.88 Å². The summed E-state index contributed by atoms with van der Waals surface area (Å²) in [6, 6.07) is 5.87. The predicted octanol–water partition coefficient (Wildman–Crippen LogP) is 3.08. The maximum atomic E-state index is 12.2. The first-order chi connectivity index (χ1) is 10.6. The van der Waals surface area contributed by atoms with Gasteiger partial charge in [0, 0.05) is 23.5 Å². The predicted molar refractivity (Wildman–Crippen MR) is 88.7 cm³/mol. The number of nitrogens with zero attached hydrogens (tertiary/aromatic N) is 2. The SMILES string of the molecule is CC(C)CNC(=O)C1CCc2nc(-c3ccccn3)sc2C1. The van der Waals surface area contributed by atoms with E-state index in [1.54, 1.807) is 17.5 Å². The summed E-state index contributed by atoms with van der Waals surface area (Å²) in [7, 11) is 0. The first-order valence-corrected chi connectivity index (χ1v) is 8.63. The molecule has 2 aromatic rings. The first kappa shape index (κ1) is 15.2. The highest BCUT2D eigenvalue weighted by molar-refractivity contribution is 7.15. The number of aryl methyl sites for hydroxylation is 1. The summed E-state index contributed by atoms with van der Waals surface area (Å²) in [5, 5.41) is 4.02. The molecule has 0 radical (unpaired) electrons. The molecule has 0 bridgehead atoms. The number of carbonyl (C=O) groups excluding carboxylic acids is 1. The molecule has 3 rings (SSSR count). The second kappa shape index (κ2) is 6.57. The Labute approximate surface area is 135 Å². The van der Waals surface area contributed by atoms with Crippen molar-refractivity contribution in [2.24, 2.45) is 11.8 Å². The molecule has 0 saturated carbocycles. The molecular formula is C17H21N3OS. The molecule has 0 aromatic carbocycles. The molecule has 4 nitrogen and oxygen atoms in total. The largest absolute Gasteiger partial charge is 0.356 e. The minimum Gasteiger partial charge on any atom is -0.356 e. The Hall–Kier alpha value is -1.75. The van der Waals surface area contributed by atoms with E-state index in [0.29, 0.717) is 5.92 Å². The summed E-state index contributed by atoms with van der Waals surface area (Å²) >= 11 is 1.68. The zero-order valence-electron chi connectivity index (χ0n) is 13.0. The van der Waals surface area contributed by atoms with Gasteiger partial charge < -0.3 is 5.32 Å². The highest BCUT2D eigenvalue weighted by Gasteiger charge is 2.27. The molecule has 0 saturated heterocycles. The molecule has 0 fully saturated rings. The van der Waals surface area contributed by atoms with Gasteiger partial charge in [0.05, 0.1) is 11.4 Å². The van der Waals surface area contributed by atoms with E-state index in [1.807, 2.05) is 18.2 Å². The van der Waals surface area contributed by atoms with Gasteiger partial charge in [0.15, 0.2) is 0 Å². The van der Waals surface area contributed by atoms with E-state index in [0.717, 1.165) is 42.2 Å². The van der Waals surface area contributed by atoms with Crippen LogP contribution in [0.4, 0.5) is 0 Å². The van der Waals surface area contributed by atoms with Gasteiger partial charge in [-0.15, -0.1) is 11.3 Å². The molecule has 1 N–H and O–H groups in total. The van der Waals surface area contributed by atoms with Crippen LogP contribution in [0.1, 0.15) is 30.8 Å². The number of nitrogens with one attached hydrogen (secondary N) is 1. The van der Waals surface area contributed by atoms with E-state index in [-0.39, 0.29) is 11.8 Å². The van der Waals surface area contributed by atoms with Crippen LogP contribution in [-0.2, 0) is 17.6 Å². The Morgan fingerprint density at radius 2 is 2.32 bits per heavy atom. The Kier molecular flexibility index (Phi) is 4.52. The summed E-state index contributed by atoms with van der Waals surface area (Å²) in [5.41, 5.74) is 2.07. The minimum absolute atomic E-state index is 0.0864. The lowest BCUT2D eigenvalue weighted by Gasteiger charge is -2.21. The van der Waals surface area contributed by atoms with Crippen molar-refractivity contribution in [3.63, 3.8) is 0 Å². The Bertz CT molecular complexity index is 651. The standard InChI is InChI=1S/C17H21N3OS/c1-11(2)10-19-16(21)12-6-7-13-15(9-12)22-17(20-13)14-5-3-4-8-18-14/h3-5,8,11-12H,6-7,9-10H2,1-2H3,(H,19,21). The number of aromatic nitrogens is 2. The van der Waals surface area contributed by atoms with Gasteiger partial charge in [0.1, 0.15) is 5.01 Å². The van der Waals surface area contributed by atoms with Crippen LogP contribution in [-0.4, -0.2) is 22.4 Å². The van der Waals surface area contributed by atoms with Crippen molar-refractivity contribution in [3.8, 4) is 10.7 Å². The molecule has 22 heavy (non-hydrogen) atoms. The molecule has 1 aliphatic carbocycles. The van der Waals surface area contributed by atoms with Crippen LogP contribution in [0.2, 0.25) is 0 Å². The van der Waals surface area contributed by atoms with Crippen LogP contribution in [0.15, 0.2) is 24.4 Å². The third-order valence-corrected chi connectivity index (χ3v) is 5.02. The van der Waals surface area contributed by atoms with E-state index < -0.39 is 0 Å². The molecule has 5 heteroatoms. The maximum absolute atomic E-state index is 12.2. The van der Waals surface area contributed by atoms with Crippen molar-refractivity contribution in [3.05, 3.63) is 35.0 Å². The number of thiazole rings is 1. The monoisotopic (exact) mass is 315 g/mol. The van der Waals surface area contributed by atoms with E-state index >= 15 is 0 Å². The number of pyridine rings is 1. The summed E-state index contributed by atoms with van der Waals surface area (Å²) in [6.07, 6.45) is 4.38. The second-order valence-corrected chi connectivity index (χ2v) is 7.27. The molecule has 2 aromatic heterocycles. The topological polar surface area (TPSA) is 54.9 Å². The second-order valence-electron chi connectivity index (χ2n) is 6.18. The number of carbonyl (C=O) groups is 1. The quantitative estimate of drug-likeness (QED) is 0.943. The van der Waals surface area contributed by atoms with Crippen LogP contribution in [0, 0.1) is 11.8 Å². The summed E-state index contributed by atoms with van der Waals surface area (Å²) in [4.78, 5) is 22.6. The lowest BCUT2D eigenvalue weighted by molar-refractivity contribution is -0.125. The number of hydrogen-bond donors (Lipinski definition) is 1. The number of fused-ring (bicyclic) bond motifs is 1. The van der Waals surface area contributed by atoms with Crippen LogP contribution < -0.4 is 5.32 Å². The zero-order valence-corrected chi connectivity index (χ0v) is 13.8. The van der Waals surface area contributed by atoms with E-state index in [2.05, 4.69) is 24.1 Å². The van der Waals surface area contributed by atoms with Gasteiger partial charge in [-0.3, -0.25) is 9.78 Å². The highest BCUT2D eigenvalue weighted by atomic mass is 32.1. The van der Waals surface area contributed by atoms with Crippen molar-refractivity contribution >= 4 is 17.2 Å².